The molecule has 0 aromatic rings. The van der Waals surface area contributed by atoms with E-state index < -0.39 is 0 Å². The molecular weight excluding hydrogens is 178 g/mol. The molecule has 0 aromatic carbocycles. The predicted octanol–water partition coefficient (Wildman–Crippen LogP) is 2.93. The van der Waals surface area contributed by atoms with E-state index in [1.54, 1.807) is 0 Å². The van der Waals surface area contributed by atoms with Gasteiger partial charge in [0.2, 0.25) is 0 Å². The summed E-state index contributed by atoms with van der Waals surface area (Å²) in [7, 11) is 0. The summed E-state index contributed by atoms with van der Waals surface area (Å²) in [6.45, 7) is 0. The van der Waals surface area contributed by atoms with Crippen molar-refractivity contribution in [3.8, 4) is 0 Å². The fourth-order valence-corrected chi connectivity index (χ4v) is 4.41. The van der Waals surface area contributed by atoms with Crippen molar-refractivity contribution >= 4 is 11.8 Å². The van der Waals surface area contributed by atoms with Crippen LogP contribution in [-0.4, -0.2) is 16.5 Å². The first kappa shape index (κ1) is 9.85. The van der Waals surface area contributed by atoms with Gasteiger partial charge in [0, 0.05) is 16.5 Å². The molecular formula is C11H21NS. The molecule has 0 aromatic heterocycles. The van der Waals surface area contributed by atoms with E-state index in [0.717, 1.165) is 10.5 Å². The van der Waals surface area contributed by atoms with Gasteiger partial charge in [-0.15, -0.1) is 0 Å². The number of hydrogen-bond donors (Lipinski definition) is 1. The van der Waals surface area contributed by atoms with Crippen molar-refractivity contribution in [2.75, 3.05) is 0 Å². The third-order valence-corrected chi connectivity index (χ3v) is 5.02. The Morgan fingerprint density at radius 1 is 0.846 bits per heavy atom. The Labute approximate surface area is 85.8 Å². The number of hydrogen-bond acceptors (Lipinski definition) is 2. The lowest BCUT2D eigenvalue weighted by Gasteiger charge is -2.28. The first-order chi connectivity index (χ1) is 6.34. The van der Waals surface area contributed by atoms with Crippen LogP contribution in [0, 0.1) is 0 Å². The summed E-state index contributed by atoms with van der Waals surface area (Å²) in [6.07, 6.45) is 11.2. The van der Waals surface area contributed by atoms with Crippen LogP contribution in [-0.2, 0) is 0 Å². The molecule has 0 aliphatic heterocycles. The van der Waals surface area contributed by atoms with Gasteiger partial charge in [-0.3, -0.25) is 0 Å². The van der Waals surface area contributed by atoms with Crippen molar-refractivity contribution < 1.29 is 0 Å². The highest BCUT2D eigenvalue weighted by Crippen LogP contribution is 2.37. The Hall–Kier alpha value is 0.310. The molecule has 2 aliphatic rings. The standard InChI is InChI=1S/C11H21NS/c12-9-4-3-7-11(8-9)13-10-5-1-2-6-10/h9-11H,1-8,12H2. The van der Waals surface area contributed by atoms with Gasteiger partial charge >= 0.3 is 0 Å². The molecule has 2 saturated carbocycles. The Balaban J connectivity index is 1.73. The maximum Gasteiger partial charge on any atom is 0.00645 e. The summed E-state index contributed by atoms with van der Waals surface area (Å²) in [6, 6.07) is 0.507. The van der Waals surface area contributed by atoms with Crippen LogP contribution in [0.2, 0.25) is 0 Å². The van der Waals surface area contributed by atoms with Crippen LogP contribution in [0.5, 0.6) is 0 Å². The summed E-state index contributed by atoms with van der Waals surface area (Å²) in [4.78, 5) is 0. The van der Waals surface area contributed by atoms with Crippen molar-refractivity contribution in [2.24, 2.45) is 5.73 Å². The number of thioether (sulfide) groups is 1. The van der Waals surface area contributed by atoms with E-state index in [2.05, 4.69) is 11.8 Å². The summed E-state index contributed by atoms with van der Waals surface area (Å²) >= 11 is 2.25. The van der Waals surface area contributed by atoms with E-state index in [9.17, 15) is 0 Å². The van der Waals surface area contributed by atoms with Crippen LogP contribution in [0.1, 0.15) is 51.4 Å². The van der Waals surface area contributed by atoms with Gasteiger partial charge in [-0.05, 0) is 32.1 Å². The second kappa shape index (κ2) is 4.70. The predicted molar refractivity (Wildman–Crippen MR) is 60.1 cm³/mol. The lowest BCUT2D eigenvalue weighted by molar-refractivity contribution is 0.450. The van der Waals surface area contributed by atoms with E-state index >= 15 is 0 Å². The Morgan fingerprint density at radius 2 is 1.54 bits per heavy atom. The van der Waals surface area contributed by atoms with E-state index in [1.165, 1.54) is 51.4 Å². The molecule has 0 radical (unpaired) electrons. The maximum absolute atomic E-state index is 5.99. The molecule has 0 spiro atoms. The van der Waals surface area contributed by atoms with E-state index in [1.807, 2.05) is 0 Å². The van der Waals surface area contributed by atoms with Crippen LogP contribution in [0.15, 0.2) is 0 Å². The van der Waals surface area contributed by atoms with Crippen molar-refractivity contribution in [1.29, 1.82) is 0 Å². The van der Waals surface area contributed by atoms with Crippen molar-refractivity contribution in [3.63, 3.8) is 0 Å². The van der Waals surface area contributed by atoms with Gasteiger partial charge < -0.3 is 5.73 Å². The Kier molecular flexibility index (Phi) is 3.56. The van der Waals surface area contributed by atoms with E-state index in [4.69, 9.17) is 5.73 Å². The summed E-state index contributed by atoms with van der Waals surface area (Å²) in [5.74, 6) is 0. The summed E-state index contributed by atoms with van der Waals surface area (Å²) < 4.78 is 0. The lowest BCUT2D eigenvalue weighted by Crippen LogP contribution is -2.29. The molecule has 2 unspecified atom stereocenters. The minimum absolute atomic E-state index is 0.507. The average Bonchev–Trinajstić information content (AvgIpc) is 2.57. The fourth-order valence-electron chi connectivity index (χ4n) is 2.60. The lowest BCUT2D eigenvalue weighted by atomic mass is 9.96. The molecule has 0 saturated heterocycles. The molecule has 0 heterocycles. The topological polar surface area (TPSA) is 26.0 Å². The second-order valence-corrected chi connectivity index (χ2v) is 6.20. The Bertz CT molecular complexity index is 154. The molecule has 2 atom stereocenters. The minimum atomic E-state index is 0.507. The van der Waals surface area contributed by atoms with Gasteiger partial charge in [-0.25, -0.2) is 0 Å². The molecule has 1 nitrogen and oxygen atoms in total. The van der Waals surface area contributed by atoms with Gasteiger partial charge in [0.25, 0.3) is 0 Å². The fraction of sp³-hybridized carbons (Fsp3) is 1.00. The van der Waals surface area contributed by atoms with Crippen molar-refractivity contribution in [3.05, 3.63) is 0 Å². The molecule has 2 fully saturated rings. The first-order valence-corrected chi connectivity index (χ1v) is 6.70. The maximum atomic E-state index is 5.99. The highest BCUT2D eigenvalue weighted by Gasteiger charge is 2.24. The van der Waals surface area contributed by atoms with Crippen LogP contribution in [0.3, 0.4) is 0 Å². The molecule has 2 rings (SSSR count). The Morgan fingerprint density at radius 3 is 2.23 bits per heavy atom. The quantitative estimate of drug-likeness (QED) is 0.740. The molecule has 2 N–H and O–H groups in total. The summed E-state index contributed by atoms with van der Waals surface area (Å²) in [5, 5.41) is 1.88. The van der Waals surface area contributed by atoms with Gasteiger partial charge in [0.1, 0.15) is 0 Å². The zero-order chi connectivity index (χ0) is 9.10. The first-order valence-electron chi connectivity index (χ1n) is 5.75. The molecule has 0 amide bonds. The largest absolute Gasteiger partial charge is 0.328 e. The van der Waals surface area contributed by atoms with E-state index in [0.29, 0.717) is 6.04 Å². The minimum Gasteiger partial charge on any atom is -0.328 e. The molecule has 2 aliphatic carbocycles. The molecule has 2 heteroatoms. The van der Waals surface area contributed by atoms with Crippen LogP contribution in [0.25, 0.3) is 0 Å². The van der Waals surface area contributed by atoms with Crippen molar-refractivity contribution in [2.45, 2.75) is 67.9 Å². The summed E-state index contributed by atoms with van der Waals surface area (Å²) in [5.41, 5.74) is 5.99. The smallest absolute Gasteiger partial charge is 0.00645 e. The third-order valence-electron chi connectivity index (χ3n) is 3.35. The van der Waals surface area contributed by atoms with E-state index in [-0.39, 0.29) is 0 Å². The zero-order valence-corrected chi connectivity index (χ0v) is 9.19. The van der Waals surface area contributed by atoms with Crippen LogP contribution < -0.4 is 5.73 Å². The van der Waals surface area contributed by atoms with Gasteiger partial charge in [-0.2, -0.15) is 11.8 Å². The molecule has 13 heavy (non-hydrogen) atoms. The van der Waals surface area contributed by atoms with Gasteiger partial charge in [-0.1, -0.05) is 19.3 Å². The van der Waals surface area contributed by atoms with Crippen molar-refractivity contribution in [1.82, 2.24) is 0 Å². The highest BCUT2D eigenvalue weighted by atomic mass is 32.2. The molecule has 0 bridgehead atoms. The number of nitrogens with two attached hydrogens (primary N) is 1. The number of rotatable bonds is 2. The normalized spacial score (nSPS) is 36.7. The third kappa shape index (κ3) is 2.88. The highest BCUT2D eigenvalue weighted by molar-refractivity contribution is 8.00. The monoisotopic (exact) mass is 199 g/mol. The average molecular weight is 199 g/mol. The molecule has 76 valence electrons. The van der Waals surface area contributed by atoms with Crippen LogP contribution >= 0.6 is 11.8 Å². The van der Waals surface area contributed by atoms with Gasteiger partial charge in [0.15, 0.2) is 0 Å². The zero-order valence-electron chi connectivity index (χ0n) is 8.37. The van der Waals surface area contributed by atoms with Gasteiger partial charge in [0.05, 0.1) is 0 Å². The SMILES string of the molecule is NC1CCCC(SC2CCCC2)C1. The second-order valence-electron chi connectivity index (χ2n) is 4.59. The van der Waals surface area contributed by atoms with Crippen LogP contribution in [0.4, 0.5) is 0 Å².